The van der Waals surface area contributed by atoms with Gasteiger partial charge in [-0.1, -0.05) is 162 Å². The Morgan fingerprint density at radius 3 is 0.975 bits per heavy atom. The van der Waals surface area contributed by atoms with Gasteiger partial charge in [-0.15, -0.1) is 0 Å². The van der Waals surface area contributed by atoms with Gasteiger partial charge in [0.05, 0.1) is 20.6 Å². The van der Waals surface area contributed by atoms with Crippen LogP contribution in [0.3, 0.4) is 0 Å². The molecular weight excluding hydrogens is 514 g/mol. The van der Waals surface area contributed by atoms with E-state index >= 15 is 0 Å². The summed E-state index contributed by atoms with van der Waals surface area (Å²) in [5.74, 6) is 0. The molecule has 0 aromatic carbocycles. The number of unbranched alkanes of at least 4 members (excludes halogenated alkanes) is 23. The Labute approximate surface area is 253 Å². The molecule has 0 spiro atoms. The Morgan fingerprint density at radius 1 is 0.450 bits per heavy atom. The van der Waals surface area contributed by atoms with Crippen LogP contribution in [-0.4, -0.2) is 43.0 Å². The van der Waals surface area contributed by atoms with Crippen LogP contribution in [0.2, 0.25) is 0 Å². The fourth-order valence-electron chi connectivity index (χ4n) is 6.57. The SMILES string of the molecule is CCCCCCCCCCCCCCCC[N+](C)(C)C(CCCCCCCC)(CCCCCCCC)S(=O)(=O)O. The molecule has 4 nitrogen and oxygen atoms in total. The maximum Gasteiger partial charge on any atom is 0.322 e. The third-order valence-corrected chi connectivity index (χ3v) is 11.4. The lowest BCUT2D eigenvalue weighted by atomic mass is 9.96. The molecule has 0 radical (unpaired) electrons. The Hall–Kier alpha value is -0.130. The first-order chi connectivity index (χ1) is 19.2. The normalized spacial score (nSPS) is 12.8. The van der Waals surface area contributed by atoms with Gasteiger partial charge in [-0.25, -0.2) is 0 Å². The molecule has 0 aromatic heterocycles. The predicted octanol–water partition coefficient (Wildman–Crippen LogP) is 11.6. The van der Waals surface area contributed by atoms with Gasteiger partial charge in [0.15, 0.2) is 0 Å². The Morgan fingerprint density at radius 2 is 0.700 bits per heavy atom. The van der Waals surface area contributed by atoms with Crippen molar-refractivity contribution < 1.29 is 17.5 Å². The zero-order chi connectivity index (χ0) is 30.0. The average Bonchev–Trinajstić information content (AvgIpc) is 2.90. The molecule has 0 bridgehead atoms. The second kappa shape index (κ2) is 25.4. The van der Waals surface area contributed by atoms with Gasteiger partial charge in [-0.2, -0.15) is 8.42 Å². The van der Waals surface area contributed by atoms with E-state index < -0.39 is 15.0 Å². The highest BCUT2D eigenvalue weighted by Gasteiger charge is 2.54. The van der Waals surface area contributed by atoms with E-state index in [1.165, 1.54) is 128 Å². The molecule has 0 saturated heterocycles. The molecule has 0 atom stereocenters. The molecule has 0 aliphatic carbocycles. The number of hydrogen-bond donors (Lipinski definition) is 1. The second-order valence-corrected chi connectivity index (χ2v) is 15.2. The number of hydrogen-bond acceptors (Lipinski definition) is 2. The monoisotopic (exact) mass is 589 g/mol. The maximum absolute atomic E-state index is 13.1. The number of quaternary nitrogens is 1. The standard InChI is InChI=1S/C35H73NO3S/c1-6-9-12-15-18-19-20-21-22-23-24-25-28-31-34-36(4,5)35(40(37,38)39,32-29-26-16-13-10-7-2)33-30-27-17-14-11-8-3/h6-34H2,1-5H3/p+1. The minimum absolute atomic E-state index is 0.397. The third-order valence-electron chi connectivity index (χ3n) is 9.50. The predicted molar refractivity (Wildman–Crippen MR) is 178 cm³/mol. The lowest BCUT2D eigenvalue weighted by Crippen LogP contribution is -2.64. The number of nitrogens with zero attached hydrogens (tertiary/aromatic N) is 1. The molecule has 0 aliphatic rings. The molecular formula is C35H74NO3S+. The minimum Gasteiger partial charge on any atom is -0.309 e. The Bertz CT molecular complexity index is 631. The topological polar surface area (TPSA) is 54.4 Å². The van der Waals surface area contributed by atoms with Crippen molar-refractivity contribution in [3.05, 3.63) is 0 Å². The summed E-state index contributed by atoms with van der Waals surface area (Å²) < 4.78 is 37.4. The van der Waals surface area contributed by atoms with Crippen molar-refractivity contribution in [3.63, 3.8) is 0 Å². The lowest BCUT2D eigenvalue weighted by Gasteiger charge is -2.47. The highest BCUT2D eigenvalue weighted by molar-refractivity contribution is 7.87. The Balaban J connectivity index is 4.70. The van der Waals surface area contributed by atoms with Crippen molar-refractivity contribution in [1.29, 1.82) is 0 Å². The number of rotatable bonds is 31. The molecule has 40 heavy (non-hydrogen) atoms. The molecule has 0 aliphatic heterocycles. The zero-order valence-corrected chi connectivity index (χ0v) is 28.9. The summed E-state index contributed by atoms with van der Waals surface area (Å²) in [6.07, 6.45) is 33.4. The molecule has 0 rings (SSSR count). The van der Waals surface area contributed by atoms with Crippen LogP contribution < -0.4 is 0 Å². The fraction of sp³-hybridized carbons (Fsp3) is 1.00. The maximum atomic E-state index is 13.1. The minimum atomic E-state index is -4.18. The van der Waals surface area contributed by atoms with Crippen LogP contribution in [-0.2, 0) is 10.1 Å². The summed E-state index contributed by atoms with van der Waals surface area (Å²) in [5.41, 5.74) is 0. The van der Waals surface area contributed by atoms with Crippen LogP contribution in [0, 0.1) is 0 Å². The summed E-state index contributed by atoms with van der Waals surface area (Å²) in [7, 11) is -0.0290. The van der Waals surface area contributed by atoms with Crippen LogP contribution in [0.1, 0.15) is 201 Å². The van der Waals surface area contributed by atoms with Crippen molar-refractivity contribution >= 4 is 10.1 Å². The molecule has 0 unspecified atom stereocenters. The van der Waals surface area contributed by atoms with Crippen LogP contribution in [0.5, 0.6) is 0 Å². The van der Waals surface area contributed by atoms with Gasteiger partial charge in [0.2, 0.25) is 4.87 Å². The van der Waals surface area contributed by atoms with Gasteiger partial charge >= 0.3 is 10.1 Å². The summed E-state index contributed by atoms with van der Waals surface area (Å²) in [5, 5.41) is 0. The van der Waals surface area contributed by atoms with Gasteiger partial charge in [0.1, 0.15) is 0 Å². The van der Waals surface area contributed by atoms with Crippen molar-refractivity contribution in [2.24, 2.45) is 0 Å². The highest BCUT2D eigenvalue weighted by Crippen LogP contribution is 2.38. The molecule has 242 valence electrons. The molecule has 0 saturated carbocycles. The van der Waals surface area contributed by atoms with Crippen LogP contribution in [0.4, 0.5) is 0 Å². The van der Waals surface area contributed by atoms with E-state index in [1.807, 2.05) is 0 Å². The first-order valence-electron chi connectivity index (χ1n) is 18.0. The van der Waals surface area contributed by atoms with Crippen molar-refractivity contribution in [2.75, 3.05) is 20.6 Å². The fourth-order valence-corrected chi connectivity index (χ4v) is 8.09. The van der Waals surface area contributed by atoms with Gasteiger partial charge < -0.3 is 4.48 Å². The van der Waals surface area contributed by atoms with Crippen LogP contribution in [0.25, 0.3) is 0 Å². The second-order valence-electron chi connectivity index (χ2n) is 13.5. The van der Waals surface area contributed by atoms with Gasteiger partial charge in [0.25, 0.3) is 0 Å². The van der Waals surface area contributed by atoms with E-state index in [1.54, 1.807) is 0 Å². The van der Waals surface area contributed by atoms with Crippen molar-refractivity contribution in [1.82, 2.24) is 0 Å². The van der Waals surface area contributed by atoms with Gasteiger partial charge in [-0.3, -0.25) is 4.55 Å². The summed E-state index contributed by atoms with van der Waals surface area (Å²) >= 11 is 0. The quantitative estimate of drug-likeness (QED) is 0.0498. The highest BCUT2D eigenvalue weighted by atomic mass is 32.2. The lowest BCUT2D eigenvalue weighted by molar-refractivity contribution is -0.927. The summed E-state index contributed by atoms with van der Waals surface area (Å²) in [6.45, 7) is 7.55. The van der Waals surface area contributed by atoms with Crippen molar-refractivity contribution in [2.45, 2.75) is 205 Å². The van der Waals surface area contributed by atoms with E-state index in [4.69, 9.17) is 0 Å². The van der Waals surface area contributed by atoms with E-state index in [9.17, 15) is 13.0 Å². The molecule has 5 heteroatoms. The first-order valence-corrected chi connectivity index (χ1v) is 19.4. The molecule has 0 aromatic rings. The van der Waals surface area contributed by atoms with Gasteiger partial charge in [-0.05, 0) is 25.7 Å². The largest absolute Gasteiger partial charge is 0.322 e. The van der Waals surface area contributed by atoms with Gasteiger partial charge in [0, 0.05) is 12.8 Å². The zero-order valence-electron chi connectivity index (χ0n) is 28.1. The van der Waals surface area contributed by atoms with Crippen molar-refractivity contribution in [3.8, 4) is 0 Å². The third kappa shape index (κ3) is 18.4. The molecule has 0 heterocycles. The molecule has 1 N–H and O–H groups in total. The van der Waals surface area contributed by atoms with Crippen LogP contribution in [0.15, 0.2) is 0 Å². The summed E-state index contributed by atoms with van der Waals surface area (Å²) in [6, 6.07) is 0. The van der Waals surface area contributed by atoms with E-state index in [-0.39, 0.29) is 0 Å². The summed E-state index contributed by atoms with van der Waals surface area (Å²) in [4.78, 5) is -1.07. The van der Waals surface area contributed by atoms with E-state index in [0.717, 1.165) is 45.1 Å². The smallest absolute Gasteiger partial charge is 0.309 e. The first kappa shape index (κ1) is 39.9. The Kier molecular flexibility index (Phi) is 25.3. The van der Waals surface area contributed by atoms with E-state index in [2.05, 4.69) is 34.9 Å². The van der Waals surface area contributed by atoms with E-state index in [0.29, 0.717) is 17.3 Å². The van der Waals surface area contributed by atoms with Crippen LogP contribution >= 0.6 is 0 Å². The average molecular weight is 589 g/mol. The molecule has 0 amide bonds. The molecule has 0 fully saturated rings.